The summed E-state index contributed by atoms with van der Waals surface area (Å²) in [7, 11) is 1.55. The SMILES string of the molecule is COc1cc(C)ccc1OCc1cc(C#N)ccc1F. The zero-order valence-electron chi connectivity index (χ0n) is 11.3. The van der Waals surface area contributed by atoms with Crippen LogP contribution in [0.1, 0.15) is 16.7 Å². The van der Waals surface area contributed by atoms with Gasteiger partial charge in [0, 0.05) is 5.56 Å². The first-order valence-corrected chi connectivity index (χ1v) is 6.10. The molecule has 0 saturated heterocycles. The summed E-state index contributed by atoms with van der Waals surface area (Å²) in [5.74, 6) is 0.747. The number of aryl methyl sites for hydroxylation is 1. The standard InChI is InChI=1S/C16H14FNO2/c1-11-3-6-15(16(7-11)19-2)20-10-13-8-12(9-18)4-5-14(13)17/h3-8H,10H2,1-2H3. The number of nitriles is 1. The number of benzene rings is 2. The molecule has 0 heterocycles. The van der Waals surface area contributed by atoms with Crippen molar-refractivity contribution in [3.63, 3.8) is 0 Å². The van der Waals surface area contributed by atoms with E-state index in [4.69, 9.17) is 14.7 Å². The Morgan fingerprint density at radius 2 is 1.95 bits per heavy atom. The molecule has 0 unspecified atom stereocenters. The number of rotatable bonds is 4. The average Bonchev–Trinajstić information content (AvgIpc) is 2.47. The van der Waals surface area contributed by atoms with Crippen LogP contribution in [0.25, 0.3) is 0 Å². The van der Waals surface area contributed by atoms with Crippen molar-refractivity contribution in [1.82, 2.24) is 0 Å². The van der Waals surface area contributed by atoms with Crippen molar-refractivity contribution in [1.29, 1.82) is 5.26 Å². The highest BCUT2D eigenvalue weighted by Gasteiger charge is 2.08. The molecular weight excluding hydrogens is 257 g/mol. The summed E-state index contributed by atoms with van der Waals surface area (Å²) in [4.78, 5) is 0. The molecule has 0 fully saturated rings. The monoisotopic (exact) mass is 271 g/mol. The first-order valence-electron chi connectivity index (χ1n) is 6.10. The van der Waals surface area contributed by atoms with Gasteiger partial charge in [-0.15, -0.1) is 0 Å². The summed E-state index contributed by atoms with van der Waals surface area (Å²) in [6.45, 7) is 1.99. The van der Waals surface area contributed by atoms with E-state index in [1.807, 2.05) is 25.1 Å². The van der Waals surface area contributed by atoms with Crippen molar-refractivity contribution < 1.29 is 13.9 Å². The molecule has 0 aliphatic carbocycles. The van der Waals surface area contributed by atoms with Crippen molar-refractivity contribution in [2.45, 2.75) is 13.5 Å². The Balaban J connectivity index is 2.19. The number of ether oxygens (including phenoxy) is 2. The lowest BCUT2D eigenvalue weighted by molar-refractivity contribution is 0.279. The van der Waals surface area contributed by atoms with Crippen molar-refractivity contribution in [3.05, 3.63) is 58.9 Å². The van der Waals surface area contributed by atoms with E-state index in [1.54, 1.807) is 13.2 Å². The normalized spacial score (nSPS) is 9.90. The summed E-state index contributed by atoms with van der Waals surface area (Å²) >= 11 is 0. The van der Waals surface area contributed by atoms with Crippen LogP contribution in [0.5, 0.6) is 11.5 Å². The van der Waals surface area contributed by atoms with E-state index in [0.717, 1.165) is 5.56 Å². The zero-order chi connectivity index (χ0) is 14.5. The number of methoxy groups -OCH3 is 1. The number of hydrogen-bond donors (Lipinski definition) is 0. The Kier molecular flexibility index (Phi) is 4.21. The van der Waals surface area contributed by atoms with E-state index < -0.39 is 5.82 Å². The number of nitrogens with zero attached hydrogens (tertiary/aromatic N) is 1. The summed E-state index contributed by atoms with van der Waals surface area (Å²) in [6.07, 6.45) is 0. The Bertz CT molecular complexity index is 662. The topological polar surface area (TPSA) is 42.2 Å². The molecule has 102 valence electrons. The molecule has 0 radical (unpaired) electrons. The maximum atomic E-state index is 13.6. The van der Waals surface area contributed by atoms with Gasteiger partial charge < -0.3 is 9.47 Å². The first-order chi connectivity index (χ1) is 9.63. The van der Waals surface area contributed by atoms with Crippen molar-refractivity contribution in [3.8, 4) is 17.6 Å². The molecule has 0 amide bonds. The second-order valence-corrected chi connectivity index (χ2v) is 4.36. The quantitative estimate of drug-likeness (QED) is 0.853. The zero-order valence-corrected chi connectivity index (χ0v) is 11.3. The van der Waals surface area contributed by atoms with Gasteiger partial charge in [-0.25, -0.2) is 4.39 Å². The average molecular weight is 271 g/mol. The highest BCUT2D eigenvalue weighted by Crippen LogP contribution is 2.28. The van der Waals surface area contributed by atoms with Crippen LogP contribution in [0.3, 0.4) is 0 Å². The summed E-state index contributed by atoms with van der Waals surface area (Å²) < 4.78 is 24.4. The largest absolute Gasteiger partial charge is 0.493 e. The second kappa shape index (κ2) is 6.07. The van der Waals surface area contributed by atoms with Crippen LogP contribution in [-0.2, 0) is 6.61 Å². The van der Waals surface area contributed by atoms with Gasteiger partial charge in [-0.2, -0.15) is 5.26 Å². The van der Waals surface area contributed by atoms with E-state index >= 15 is 0 Å². The maximum Gasteiger partial charge on any atom is 0.161 e. The maximum absolute atomic E-state index is 13.6. The fourth-order valence-corrected chi connectivity index (χ4v) is 1.80. The van der Waals surface area contributed by atoms with Gasteiger partial charge in [-0.3, -0.25) is 0 Å². The molecule has 3 nitrogen and oxygen atoms in total. The van der Waals surface area contributed by atoms with E-state index in [-0.39, 0.29) is 6.61 Å². The molecule has 20 heavy (non-hydrogen) atoms. The van der Waals surface area contributed by atoms with Gasteiger partial charge in [0.25, 0.3) is 0 Å². The van der Waals surface area contributed by atoms with Crippen LogP contribution in [0.2, 0.25) is 0 Å². The van der Waals surface area contributed by atoms with Gasteiger partial charge in [-0.05, 0) is 42.8 Å². The molecule has 0 N–H and O–H groups in total. The summed E-state index contributed by atoms with van der Waals surface area (Å²) in [5.41, 5.74) is 1.79. The van der Waals surface area contributed by atoms with Gasteiger partial charge in [0.1, 0.15) is 12.4 Å². The minimum absolute atomic E-state index is 0.0424. The molecule has 2 aromatic carbocycles. The third kappa shape index (κ3) is 3.07. The molecule has 0 spiro atoms. The third-order valence-electron chi connectivity index (χ3n) is 2.88. The second-order valence-electron chi connectivity index (χ2n) is 4.36. The minimum Gasteiger partial charge on any atom is -0.493 e. The van der Waals surface area contributed by atoms with Gasteiger partial charge in [0.2, 0.25) is 0 Å². The predicted molar refractivity (Wildman–Crippen MR) is 73.2 cm³/mol. The van der Waals surface area contributed by atoms with Crippen LogP contribution in [0.4, 0.5) is 4.39 Å². The lowest BCUT2D eigenvalue weighted by atomic mass is 10.1. The summed E-state index contributed by atoms with van der Waals surface area (Å²) in [6, 6.07) is 11.7. The Hall–Kier alpha value is -2.54. The van der Waals surface area contributed by atoms with E-state index in [0.29, 0.717) is 22.6 Å². The first kappa shape index (κ1) is 13.9. The van der Waals surface area contributed by atoms with Crippen LogP contribution in [0.15, 0.2) is 36.4 Å². The molecule has 0 saturated carbocycles. The van der Waals surface area contributed by atoms with Crippen LogP contribution >= 0.6 is 0 Å². The van der Waals surface area contributed by atoms with Crippen molar-refractivity contribution in [2.24, 2.45) is 0 Å². The highest BCUT2D eigenvalue weighted by molar-refractivity contribution is 5.43. The molecule has 2 rings (SSSR count). The number of hydrogen-bond acceptors (Lipinski definition) is 3. The predicted octanol–water partition coefficient (Wildman–Crippen LogP) is 3.59. The van der Waals surface area contributed by atoms with Crippen molar-refractivity contribution >= 4 is 0 Å². The van der Waals surface area contributed by atoms with Crippen LogP contribution < -0.4 is 9.47 Å². The summed E-state index contributed by atoms with van der Waals surface area (Å²) in [5, 5.41) is 8.82. The molecule has 0 bridgehead atoms. The molecule has 0 aliphatic rings. The van der Waals surface area contributed by atoms with E-state index in [9.17, 15) is 4.39 Å². The van der Waals surface area contributed by atoms with Crippen LogP contribution in [-0.4, -0.2) is 7.11 Å². The van der Waals surface area contributed by atoms with E-state index in [1.165, 1.54) is 18.2 Å². The minimum atomic E-state index is -0.393. The van der Waals surface area contributed by atoms with Gasteiger partial charge >= 0.3 is 0 Å². The van der Waals surface area contributed by atoms with Crippen LogP contribution in [0, 0.1) is 24.1 Å². The highest BCUT2D eigenvalue weighted by atomic mass is 19.1. The molecule has 2 aromatic rings. The molecular formula is C16H14FNO2. The van der Waals surface area contributed by atoms with Gasteiger partial charge in [-0.1, -0.05) is 6.07 Å². The lowest BCUT2D eigenvalue weighted by Crippen LogP contribution is -2.01. The Labute approximate surface area is 117 Å². The van der Waals surface area contributed by atoms with Gasteiger partial charge in [0.05, 0.1) is 18.7 Å². The fourth-order valence-electron chi connectivity index (χ4n) is 1.80. The molecule has 0 atom stereocenters. The Morgan fingerprint density at radius 3 is 2.65 bits per heavy atom. The molecule has 0 aliphatic heterocycles. The molecule has 4 heteroatoms. The smallest absolute Gasteiger partial charge is 0.161 e. The van der Waals surface area contributed by atoms with E-state index in [2.05, 4.69) is 0 Å². The van der Waals surface area contributed by atoms with Crippen molar-refractivity contribution in [2.75, 3.05) is 7.11 Å². The Morgan fingerprint density at radius 1 is 1.15 bits per heavy atom. The van der Waals surface area contributed by atoms with Gasteiger partial charge in [0.15, 0.2) is 11.5 Å². The molecule has 0 aromatic heterocycles. The lowest BCUT2D eigenvalue weighted by Gasteiger charge is -2.11. The number of halogens is 1. The third-order valence-corrected chi connectivity index (χ3v) is 2.88. The fraction of sp³-hybridized carbons (Fsp3) is 0.188.